The third-order valence-electron chi connectivity index (χ3n) is 3.41. The molecular formula is C10H20N2OS. The molecule has 4 heteroatoms. The predicted octanol–water partition coefficient (Wildman–Crippen LogP) is 0.322. The molecule has 1 aliphatic carbocycles. The SMILES string of the molecule is NC1(CN2CCS(=O)CC2)CCCC1. The second kappa shape index (κ2) is 4.29. The average Bonchev–Trinajstić information content (AvgIpc) is 2.57. The van der Waals surface area contributed by atoms with Crippen LogP contribution in [0.15, 0.2) is 0 Å². The Morgan fingerprint density at radius 1 is 1.21 bits per heavy atom. The summed E-state index contributed by atoms with van der Waals surface area (Å²) in [6.45, 7) is 2.97. The molecule has 2 N–H and O–H groups in total. The molecule has 0 unspecified atom stereocenters. The molecule has 2 fully saturated rings. The zero-order valence-corrected chi connectivity index (χ0v) is 9.52. The van der Waals surface area contributed by atoms with Crippen LogP contribution in [0.4, 0.5) is 0 Å². The van der Waals surface area contributed by atoms with E-state index in [1.165, 1.54) is 25.7 Å². The fourth-order valence-electron chi connectivity index (χ4n) is 2.52. The van der Waals surface area contributed by atoms with E-state index in [-0.39, 0.29) is 5.54 Å². The summed E-state index contributed by atoms with van der Waals surface area (Å²) in [5, 5.41) is 0. The summed E-state index contributed by atoms with van der Waals surface area (Å²) < 4.78 is 11.2. The lowest BCUT2D eigenvalue weighted by molar-refractivity contribution is 0.225. The highest BCUT2D eigenvalue weighted by Crippen LogP contribution is 2.28. The van der Waals surface area contributed by atoms with Crippen molar-refractivity contribution >= 4 is 10.8 Å². The van der Waals surface area contributed by atoms with E-state index in [1.807, 2.05) is 0 Å². The van der Waals surface area contributed by atoms with Gasteiger partial charge in [0, 0.05) is 47.5 Å². The molecule has 0 atom stereocenters. The molecule has 0 radical (unpaired) electrons. The molecule has 2 rings (SSSR count). The van der Waals surface area contributed by atoms with Crippen molar-refractivity contribution in [2.75, 3.05) is 31.1 Å². The van der Waals surface area contributed by atoms with Gasteiger partial charge < -0.3 is 5.73 Å². The van der Waals surface area contributed by atoms with Gasteiger partial charge in [-0.3, -0.25) is 9.11 Å². The first kappa shape index (κ1) is 10.6. The van der Waals surface area contributed by atoms with Crippen LogP contribution >= 0.6 is 0 Å². The Hall–Kier alpha value is 0.0700. The predicted molar refractivity (Wildman–Crippen MR) is 59.7 cm³/mol. The van der Waals surface area contributed by atoms with Crippen LogP contribution in [0.3, 0.4) is 0 Å². The summed E-state index contributed by atoms with van der Waals surface area (Å²) in [7, 11) is -0.560. The molecule has 0 bridgehead atoms. The van der Waals surface area contributed by atoms with Crippen LogP contribution < -0.4 is 5.73 Å². The summed E-state index contributed by atoms with van der Waals surface area (Å²) in [6.07, 6.45) is 4.92. The Bertz CT molecular complexity index is 216. The number of hydrogen-bond acceptors (Lipinski definition) is 3. The van der Waals surface area contributed by atoms with E-state index in [2.05, 4.69) is 4.90 Å². The summed E-state index contributed by atoms with van der Waals surface area (Å²) in [4.78, 5) is 2.40. The molecule has 2 aliphatic rings. The van der Waals surface area contributed by atoms with Crippen LogP contribution in [-0.4, -0.2) is 45.8 Å². The lowest BCUT2D eigenvalue weighted by Crippen LogP contribution is -2.51. The Balaban J connectivity index is 1.82. The smallest absolute Gasteiger partial charge is 0.0363 e. The normalized spacial score (nSPS) is 29.5. The van der Waals surface area contributed by atoms with Crippen LogP contribution in [0.25, 0.3) is 0 Å². The largest absolute Gasteiger partial charge is 0.324 e. The molecule has 1 heterocycles. The molecule has 0 aromatic rings. The van der Waals surface area contributed by atoms with Crippen LogP contribution in [0.1, 0.15) is 25.7 Å². The monoisotopic (exact) mass is 216 g/mol. The third-order valence-corrected chi connectivity index (χ3v) is 4.68. The summed E-state index contributed by atoms with van der Waals surface area (Å²) >= 11 is 0. The summed E-state index contributed by atoms with van der Waals surface area (Å²) in [5.74, 6) is 1.69. The molecule has 1 saturated heterocycles. The van der Waals surface area contributed by atoms with Gasteiger partial charge in [-0.15, -0.1) is 0 Å². The second-order valence-electron chi connectivity index (χ2n) is 4.69. The first-order valence-electron chi connectivity index (χ1n) is 5.54. The van der Waals surface area contributed by atoms with Crippen molar-refractivity contribution in [1.82, 2.24) is 4.90 Å². The van der Waals surface area contributed by atoms with Gasteiger partial charge in [-0.1, -0.05) is 12.8 Å². The molecule has 0 aromatic carbocycles. The van der Waals surface area contributed by atoms with Crippen LogP contribution in [0.5, 0.6) is 0 Å². The van der Waals surface area contributed by atoms with Gasteiger partial charge in [-0.2, -0.15) is 0 Å². The third kappa shape index (κ3) is 2.55. The number of hydrogen-bond donors (Lipinski definition) is 1. The highest BCUT2D eigenvalue weighted by atomic mass is 32.2. The molecular weight excluding hydrogens is 196 g/mol. The Morgan fingerprint density at radius 2 is 1.79 bits per heavy atom. The van der Waals surface area contributed by atoms with E-state index in [0.717, 1.165) is 31.1 Å². The van der Waals surface area contributed by atoms with Crippen LogP contribution in [0, 0.1) is 0 Å². The standard InChI is InChI=1S/C10H20N2OS/c11-10(3-1-2-4-10)9-12-5-7-14(13)8-6-12/h1-9,11H2. The van der Waals surface area contributed by atoms with Gasteiger partial charge >= 0.3 is 0 Å². The van der Waals surface area contributed by atoms with Gasteiger partial charge in [0.1, 0.15) is 0 Å². The summed E-state index contributed by atoms with van der Waals surface area (Å²) in [6, 6.07) is 0. The summed E-state index contributed by atoms with van der Waals surface area (Å²) in [5.41, 5.74) is 6.38. The highest BCUT2D eigenvalue weighted by Gasteiger charge is 2.32. The van der Waals surface area contributed by atoms with Gasteiger partial charge in [0.2, 0.25) is 0 Å². The Kier molecular flexibility index (Phi) is 3.24. The van der Waals surface area contributed by atoms with Crippen molar-refractivity contribution in [2.45, 2.75) is 31.2 Å². The van der Waals surface area contributed by atoms with Crippen molar-refractivity contribution in [3.8, 4) is 0 Å². The quantitative estimate of drug-likeness (QED) is 0.723. The molecule has 3 nitrogen and oxygen atoms in total. The lowest BCUT2D eigenvalue weighted by Gasteiger charge is -2.34. The van der Waals surface area contributed by atoms with Crippen LogP contribution in [-0.2, 0) is 10.8 Å². The lowest BCUT2D eigenvalue weighted by atomic mass is 9.98. The fourth-order valence-corrected chi connectivity index (χ4v) is 3.64. The zero-order valence-electron chi connectivity index (χ0n) is 8.71. The van der Waals surface area contributed by atoms with Crippen molar-refractivity contribution in [3.63, 3.8) is 0 Å². The number of rotatable bonds is 2. The highest BCUT2D eigenvalue weighted by molar-refractivity contribution is 7.85. The molecule has 14 heavy (non-hydrogen) atoms. The first-order valence-corrected chi connectivity index (χ1v) is 7.03. The van der Waals surface area contributed by atoms with Gasteiger partial charge in [-0.05, 0) is 12.8 Å². The average molecular weight is 216 g/mol. The maximum absolute atomic E-state index is 11.2. The molecule has 0 spiro atoms. The van der Waals surface area contributed by atoms with Crippen molar-refractivity contribution in [3.05, 3.63) is 0 Å². The van der Waals surface area contributed by atoms with E-state index in [1.54, 1.807) is 0 Å². The van der Waals surface area contributed by atoms with Gasteiger partial charge in [0.25, 0.3) is 0 Å². The molecule has 1 aliphatic heterocycles. The van der Waals surface area contributed by atoms with Crippen molar-refractivity contribution in [2.24, 2.45) is 5.73 Å². The molecule has 0 aromatic heterocycles. The number of nitrogens with two attached hydrogens (primary N) is 1. The minimum atomic E-state index is -0.560. The van der Waals surface area contributed by atoms with E-state index in [9.17, 15) is 4.21 Å². The maximum Gasteiger partial charge on any atom is 0.0363 e. The zero-order chi connectivity index (χ0) is 10.0. The van der Waals surface area contributed by atoms with Crippen molar-refractivity contribution < 1.29 is 4.21 Å². The van der Waals surface area contributed by atoms with Crippen LogP contribution in [0.2, 0.25) is 0 Å². The Labute approximate surface area is 88.5 Å². The number of nitrogens with zero attached hydrogens (tertiary/aromatic N) is 1. The van der Waals surface area contributed by atoms with E-state index in [4.69, 9.17) is 5.73 Å². The van der Waals surface area contributed by atoms with Crippen molar-refractivity contribution in [1.29, 1.82) is 0 Å². The molecule has 0 amide bonds. The molecule has 82 valence electrons. The Morgan fingerprint density at radius 3 is 2.36 bits per heavy atom. The maximum atomic E-state index is 11.2. The minimum Gasteiger partial charge on any atom is -0.324 e. The minimum absolute atomic E-state index is 0.0683. The molecule has 1 saturated carbocycles. The first-order chi connectivity index (χ1) is 6.68. The van der Waals surface area contributed by atoms with Gasteiger partial charge in [0.05, 0.1) is 0 Å². The van der Waals surface area contributed by atoms with Gasteiger partial charge in [-0.25, -0.2) is 0 Å². The second-order valence-corrected chi connectivity index (χ2v) is 6.39. The topological polar surface area (TPSA) is 46.3 Å². The fraction of sp³-hybridized carbons (Fsp3) is 1.00. The van der Waals surface area contributed by atoms with E-state index >= 15 is 0 Å². The van der Waals surface area contributed by atoms with E-state index < -0.39 is 10.8 Å². The van der Waals surface area contributed by atoms with E-state index in [0.29, 0.717) is 0 Å². The van der Waals surface area contributed by atoms with Gasteiger partial charge in [0.15, 0.2) is 0 Å².